The van der Waals surface area contributed by atoms with E-state index in [4.69, 9.17) is 5.11 Å². The second kappa shape index (κ2) is 5.09. The second-order valence-electron chi connectivity index (χ2n) is 5.98. The summed E-state index contributed by atoms with van der Waals surface area (Å²) in [6.45, 7) is 4.78. The molecule has 112 valence electrons. The fraction of sp³-hybridized carbons (Fsp3) is 0.500. The van der Waals surface area contributed by atoms with Crippen LogP contribution in [-0.2, 0) is 5.60 Å². The summed E-state index contributed by atoms with van der Waals surface area (Å²) in [6.07, 6.45) is -5.36. The van der Waals surface area contributed by atoms with Crippen LogP contribution in [0.1, 0.15) is 43.1 Å². The van der Waals surface area contributed by atoms with Gasteiger partial charge in [-0.25, -0.2) is 4.79 Å². The van der Waals surface area contributed by atoms with Gasteiger partial charge in [0.2, 0.25) is 0 Å². The van der Waals surface area contributed by atoms with E-state index in [9.17, 15) is 23.1 Å². The Morgan fingerprint density at radius 3 is 1.85 bits per heavy atom. The smallest absolute Gasteiger partial charge is 0.421 e. The van der Waals surface area contributed by atoms with E-state index in [1.165, 1.54) is 0 Å². The standard InChI is InChI=1S/C14H17F3O3/c1-12(2,3)8-13(20,14(15,16)17)10-6-4-9(5-7-10)11(18)19/h4-7,20H,8H2,1-3H3,(H,18,19). The van der Waals surface area contributed by atoms with Crippen molar-refractivity contribution < 1.29 is 28.2 Å². The fourth-order valence-corrected chi connectivity index (χ4v) is 2.02. The fourth-order valence-electron chi connectivity index (χ4n) is 2.02. The molecule has 1 atom stereocenters. The summed E-state index contributed by atoms with van der Waals surface area (Å²) in [5, 5.41) is 18.9. The maximum atomic E-state index is 13.2. The zero-order chi connectivity index (χ0) is 15.8. The summed E-state index contributed by atoms with van der Waals surface area (Å²) in [7, 11) is 0. The first-order valence-corrected chi connectivity index (χ1v) is 6.00. The molecule has 0 saturated carbocycles. The normalized spacial score (nSPS) is 15.8. The van der Waals surface area contributed by atoms with Crippen molar-refractivity contribution in [2.45, 2.75) is 39.0 Å². The van der Waals surface area contributed by atoms with E-state index in [2.05, 4.69) is 0 Å². The van der Waals surface area contributed by atoms with Crippen molar-refractivity contribution >= 4 is 5.97 Å². The first-order chi connectivity index (χ1) is 8.87. The lowest BCUT2D eigenvalue weighted by Crippen LogP contribution is -2.45. The number of hydrogen-bond acceptors (Lipinski definition) is 2. The number of aromatic carboxylic acids is 1. The number of alkyl halides is 3. The van der Waals surface area contributed by atoms with Gasteiger partial charge in [-0.1, -0.05) is 32.9 Å². The first kappa shape index (κ1) is 16.5. The predicted octanol–water partition coefficient (Wildman–Crippen LogP) is 3.57. The zero-order valence-electron chi connectivity index (χ0n) is 11.5. The Bertz CT molecular complexity index is 486. The quantitative estimate of drug-likeness (QED) is 0.894. The summed E-state index contributed by atoms with van der Waals surface area (Å²) in [6, 6.07) is 4.11. The van der Waals surface area contributed by atoms with Gasteiger partial charge in [-0.2, -0.15) is 13.2 Å². The number of carboxylic acids is 1. The molecule has 0 aromatic heterocycles. The van der Waals surface area contributed by atoms with Crippen LogP contribution >= 0.6 is 0 Å². The van der Waals surface area contributed by atoms with Gasteiger partial charge in [0.25, 0.3) is 0 Å². The Morgan fingerprint density at radius 2 is 1.55 bits per heavy atom. The van der Waals surface area contributed by atoms with Crippen LogP contribution in [0.25, 0.3) is 0 Å². The number of hydrogen-bond donors (Lipinski definition) is 2. The van der Waals surface area contributed by atoms with Crippen molar-refractivity contribution in [2.75, 3.05) is 0 Å². The van der Waals surface area contributed by atoms with E-state index in [0.717, 1.165) is 24.3 Å². The lowest BCUT2D eigenvalue weighted by molar-refractivity contribution is -0.276. The van der Waals surface area contributed by atoms with Crippen molar-refractivity contribution in [2.24, 2.45) is 5.41 Å². The third-order valence-corrected chi connectivity index (χ3v) is 2.86. The SMILES string of the molecule is CC(C)(C)CC(O)(c1ccc(C(=O)O)cc1)C(F)(F)F. The molecule has 1 aromatic carbocycles. The average molecular weight is 290 g/mol. The predicted molar refractivity (Wildman–Crippen MR) is 67.4 cm³/mol. The molecule has 0 radical (unpaired) electrons. The minimum absolute atomic E-state index is 0.131. The van der Waals surface area contributed by atoms with Crippen LogP contribution in [0.3, 0.4) is 0 Å². The minimum atomic E-state index is -4.84. The highest BCUT2D eigenvalue weighted by molar-refractivity contribution is 5.87. The number of aliphatic hydroxyl groups is 1. The van der Waals surface area contributed by atoms with E-state index in [-0.39, 0.29) is 11.1 Å². The highest BCUT2D eigenvalue weighted by Gasteiger charge is 2.56. The van der Waals surface area contributed by atoms with Gasteiger partial charge in [0.15, 0.2) is 5.60 Å². The third kappa shape index (κ3) is 3.50. The van der Waals surface area contributed by atoms with Gasteiger partial charge < -0.3 is 10.2 Å². The van der Waals surface area contributed by atoms with E-state index in [1.807, 2.05) is 0 Å². The molecule has 0 aliphatic rings. The van der Waals surface area contributed by atoms with E-state index < -0.39 is 29.6 Å². The number of halogens is 3. The summed E-state index contributed by atoms with van der Waals surface area (Å²) in [5.74, 6) is -1.23. The Morgan fingerprint density at radius 1 is 1.10 bits per heavy atom. The van der Waals surface area contributed by atoms with Gasteiger partial charge in [0.05, 0.1) is 5.56 Å². The molecule has 0 fully saturated rings. The largest absolute Gasteiger partial charge is 0.478 e. The van der Waals surface area contributed by atoms with Crippen molar-refractivity contribution in [3.63, 3.8) is 0 Å². The highest BCUT2D eigenvalue weighted by atomic mass is 19.4. The maximum Gasteiger partial charge on any atom is 0.421 e. The van der Waals surface area contributed by atoms with Crippen LogP contribution in [0.4, 0.5) is 13.2 Å². The summed E-state index contributed by atoms with van der Waals surface area (Å²) < 4.78 is 39.6. The molecule has 1 aromatic rings. The summed E-state index contributed by atoms with van der Waals surface area (Å²) in [4.78, 5) is 10.7. The van der Waals surface area contributed by atoms with Crippen molar-refractivity contribution in [3.8, 4) is 0 Å². The van der Waals surface area contributed by atoms with Crippen LogP contribution in [0, 0.1) is 5.41 Å². The number of carbonyl (C=O) groups is 1. The summed E-state index contributed by atoms with van der Waals surface area (Å²) in [5.41, 5.74) is -4.24. The van der Waals surface area contributed by atoms with E-state index >= 15 is 0 Å². The molecule has 0 saturated heterocycles. The molecular weight excluding hydrogens is 273 g/mol. The lowest BCUT2D eigenvalue weighted by Gasteiger charge is -2.36. The molecule has 0 aliphatic heterocycles. The van der Waals surface area contributed by atoms with Gasteiger partial charge in [-0.15, -0.1) is 0 Å². The van der Waals surface area contributed by atoms with E-state index in [0.29, 0.717) is 0 Å². The number of rotatable bonds is 3. The van der Waals surface area contributed by atoms with Gasteiger partial charge in [-0.05, 0) is 29.5 Å². The molecule has 6 heteroatoms. The average Bonchev–Trinajstić information content (AvgIpc) is 2.25. The zero-order valence-corrected chi connectivity index (χ0v) is 11.5. The van der Waals surface area contributed by atoms with Crippen LogP contribution < -0.4 is 0 Å². The molecule has 0 amide bonds. The molecule has 0 spiro atoms. The topological polar surface area (TPSA) is 57.5 Å². The number of benzene rings is 1. The first-order valence-electron chi connectivity index (χ1n) is 6.00. The number of carboxylic acid groups (broad SMARTS) is 1. The second-order valence-corrected chi connectivity index (χ2v) is 5.98. The van der Waals surface area contributed by atoms with Gasteiger partial charge >= 0.3 is 12.1 Å². The molecule has 1 unspecified atom stereocenters. The van der Waals surface area contributed by atoms with Gasteiger partial charge in [-0.3, -0.25) is 0 Å². The molecule has 0 aliphatic carbocycles. The molecule has 0 heterocycles. The van der Waals surface area contributed by atoms with Gasteiger partial charge in [0, 0.05) is 0 Å². The van der Waals surface area contributed by atoms with Crippen LogP contribution in [0.15, 0.2) is 24.3 Å². The van der Waals surface area contributed by atoms with Crippen molar-refractivity contribution in [1.29, 1.82) is 0 Å². The van der Waals surface area contributed by atoms with Crippen LogP contribution in [-0.4, -0.2) is 22.4 Å². The monoisotopic (exact) mass is 290 g/mol. The molecule has 3 nitrogen and oxygen atoms in total. The highest BCUT2D eigenvalue weighted by Crippen LogP contribution is 2.46. The lowest BCUT2D eigenvalue weighted by atomic mass is 9.77. The van der Waals surface area contributed by atoms with Crippen molar-refractivity contribution in [3.05, 3.63) is 35.4 Å². The van der Waals surface area contributed by atoms with Crippen LogP contribution in [0.5, 0.6) is 0 Å². The Kier molecular flexibility index (Phi) is 4.20. The molecular formula is C14H17F3O3. The third-order valence-electron chi connectivity index (χ3n) is 2.86. The van der Waals surface area contributed by atoms with Gasteiger partial charge in [0.1, 0.15) is 0 Å². The molecule has 20 heavy (non-hydrogen) atoms. The maximum absolute atomic E-state index is 13.2. The molecule has 0 bridgehead atoms. The van der Waals surface area contributed by atoms with E-state index in [1.54, 1.807) is 20.8 Å². The minimum Gasteiger partial charge on any atom is -0.478 e. The molecule has 1 rings (SSSR count). The van der Waals surface area contributed by atoms with Crippen molar-refractivity contribution in [1.82, 2.24) is 0 Å². The summed E-state index contributed by atoms with van der Waals surface area (Å²) >= 11 is 0. The molecule has 2 N–H and O–H groups in total. The Hall–Kier alpha value is -1.56. The van der Waals surface area contributed by atoms with Crippen LogP contribution in [0.2, 0.25) is 0 Å². The Labute approximate surface area is 115 Å². The Balaban J connectivity index is 3.28.